The first-order chi connectivity index (χ1) is 19.1. The quantitative estimate of drug-likeness (QED) is 0.316. The predicted octanol–water partition coefficient (Wildman–Crippen LogP) is 4.50. The van der Waals surface area contributed by atoms with Crippen molar-refractivity contribution in [2.75, 3.05) is 31.6 Å². The van der Waals surface area contributed by atoms with E-state index >= 15 is 0 Å². The summed E-state index contributed by atoms with van der Waals surface area (Å²) in [5.41, 5.74) is 1.03. The van der Waals surface area contributed by atoms with Gasteiger partial charge >= 0.3 is 0 Å². The van der Waals surface area contributed by atoms with E-state index in [9.17, 15) is 18.0 Å². The number of halogens is 1. The fourth-order valence-electron chi connectivity index (χ4n) is 3.99. The van der Waals surface area contributed by atoms with E-state index in [1.165, 1.54) is 37.3 Å². The van der Waals surface area contributed by atoms with E-state index in [0.717, 1.165) is 16.3 Å². The van der Waals surface area contributed by atoms with E-state index in [2.05, 4.69) is 5.32 Å². The van der Waals surface area contributed by atoms with Crippen molar-refractivity contribution in [1.29, 1.82) is 0 Å². The van der Waals surface area contributed by atoms with Crippen molar-refractivity contribution in [2.24, 2.45) is 0 Å². The Labute approximate surface area is 240 Å². The van der Waals surface area contributed by atoms with E-state index in [4.69, 9.17) is 21.1 Å². The first-order valence-electron chi connectivity index (χ1n) is 12.7. The van der Waals surface area contributed by atoms with Crippen molar-refractivity contribution < 1.29 is 27.5 Å². The number of ether oxygens (including phenoxy) is 2. The number of hydrogen-bond donors (Lipinski definition) is 1. The van der Waals surface area contributed by atoms with Gasteiger partial charge in [0.25, 0.3) is 10.0 Å². The average molecular weight is 588 g/mol. The highest BCUT2D eigenvalue weighted by Crippen LogP contribution is 2.32. The minimum Gasteiger partial charge on any atom is -0.493 e. The molecule has 0 radical (unpaired) electrons. The van der Waals surface area contributed by atoms with Crippen LogP contribution in [0.15, 0.2) is 77.7 Å². The van der Waals surface area contributed by atoms with Crippen LogP contribution in [0, 0.1) is 0 Å². The third kappa shape index (κ3) is 7.45. The number of carbonyl (C=O) groups excluding carboxylic acids is 2. The van der Waals surface area contributed by atoms with Crippen LogP contribution < -0.4 is 19.1 Å². The number of methoxy groups -OCH3 is 2. The summed E-state index contributed by atoms with van der Waals surface area (Å²) in [6, 6.07) is 18.6. The summed E-state index contributed by atoms with van der Waals surface area (Å²) in [4.78, 5) is 28.1. The lowest BCUT2D eigenvalue weighted by atomic mass is 10.1. The van der Waals surface area contributed by atoms with Gasteiger partial charge in [0, 0.05) is 24.2 Å². The molecule has 0 saturated heterocycles. The number of amides is 2. The summed E-state index contributed by atoms with van der Waals surface area (Å²) in [5.74, 6) is -0.293. The Kier molecular flexibility index (Phi) is 10.8. The van der Waals surface area contributed by atoms with Gasteiger partial charge in [-0.1, -0.05) is 48.9 Å². The van der Waals surface area contributed by atoms with Gasteiger partial charge in [-0.25, -0.2) is 8.42 Å². The predicted molar refractivity (Wildman–Crippen MR) is 155 cm³/mol. The SMILES string of the molecule is CCCNC(=O)C(C)N(Cc1ccc(Cl)cc1)C(=O)CN(c1ccccc1)S(=O)(=O)c1ccc(OC)c(OC)c1. The molecule has 2 amide bonds. The third-order valence-corrected chi connectivity index (χ3v) is 8.27. The van der Waals surface area contributed by atoms with Crippen LogP contribution in [0.1, 0.15) is 25.8 Å². The minimum atomic E-state index is -4.25. The van der Waals surface area contributed by atoms with Crippen LogP contribution in [0.3, 0.4) is 0 Å². The molecule has 40 heavy (non-hydrogen) atoms. The van der Waals surface area contributed by atoms with E-state index in [0.29, 0.717) is 23.0 Å². The van der Waals surface area contributed by atoms with Crippen molar-refractivity contribution in [1.82, 2.24) is 10.2 Å². The van der Waals surface area contributed by atoms with Gasteiger partial charge in [0.1, 0.15) is 12.6 Å². The number of carbonyl (C=O) groups is 2. The summed E-state index contributed by atoms with van der Waals surface area (Å²) in [7, 11) is -1.39. The fourth-order valence-corrected chi connectivity index (χ4v) is 5.55. The smallest absolute Gasteiger partial charge is 0.264 e. The molecule has 1 unspecified atom stereocenters. The molecule has 0 saturated carbocycles. The van der Waals surface area contributed by atoms with Gasteiger partial charge in [0.2, 0.25) is 11.8 Å². The van der Waals surface area contributed by atoms with Gasteiger partial charge in [0.05, 0.1) is 24.8 Å². The third-order valence-electron chi connectivity index (χ3n) is 6.25. The monoisotopic (exact) mass is 587 g/mol. The van der Waals surface area contributed by atoms with Crippen LogP contribution in [0.2, 0.25) is 5.02 Å². The molecule has 9 nitrogen and oxygen atoms in total. The highest BCUT2D eigenvalue weighted by molar-refractivity contribution is 7.92. The second-order valence-corrected chi connectivity index (χ2v) is 11.3. The normalized spacial score (nSPS) is 11.8. The minimum absolute atomic E-state index is 0.0791. The molecule has 3 aromatic rings. The van der Waals surface area contributed by atoms with E-state index in [-0.39, 0.29) is 23.1 Å². The van der Waals surface area contributed by atoms with Crippen molar-refractivity contribution in [3.8, 4) is 11.5 Å². The molecule has 11 heteroatoms. The van der Waals surface area contributed by atoms with Crippen LogP contribution in [-0.4, -0.2) is 58.5 Å². The van der Waals surface area contributed by atoms with Crippen molar-refractivity contribution >= 4 is 39.1 Å². The Morgan fingerprint density at radius 2 is 1.60 bits per heavy atom. The number of rotatable bonds is 13. The lowest BCUT2D eigenvalue weighted by molar-refractivity contribution is -0.139. The molecule has 0 aromatic heterocycles. The highest BCUT2D eigenvalue weighted by atomic mass is 35.5. The summed E-state index contributed by atoms with van der Waals surface area (Å²) >= 11 is 6.03. The lowest BCUT2D eigenvalue weighted by Gasteiger charge is -2.32. The number of hydrogen-bond acceptors (Lipinski definition) is 6. The van der Waals surface area contributed by atoms with Gasteiger partial charge in [-0.2, -0.15) is 0 Å². The van der Waals surface area contributed by atoms with Gasteiger partial charge in [-0.15, -0.1) is 0 Å². The first-order valence-corrected chi connectivity index (χ1v) is 14.6. The molecule has 0 aliphatic heterocycles. The van der Waals surface area contributed by atoms with Crippen molar-refractivity contribution in [2.45, 2.75) is 37.8 Å². The number of sulfonamides is 1. The van der Waals surface area contributed by atoms with E-state index in [1.54, 1.807) is 61.5 Å². The molecular formula is C29H34ClN3O6S. The summed E-state index contributed by atoms with van der Waals surface area (Å²) in [6.07, 6.45) is 0.731. The second-order valence-electron chi connectivity index (χ2n) is 8.98. The summed E-state index contributed by atoms with van der Waals surface area (Å²) in [5, 5.41) is 3.35. The van der Waals surface area contributed by atoms with Crippen LogP contribution in [0.4, 0.5) is 5.69 Å². The van der Waals surface area contributed by atoms with Gasteiger partial charge in [-0.3, -0.25) is 13.9 Å². The van der Waals surface area contributed by atoms with Crippen molar-refractivity contribution in [3.63, 3.8) is 0 Å². The molecule has 3 aromatic carbocycles. The van der Waals surface area contributed by atoms with Gasteiger partial charge < -0.3 is 19.7 Å². The fraction of sp³-hybridized carbons (Fsp3) is 0.310. The zero-order valence-electron chi connectivity index (χ0n) is 23.0. The topological polar surface area (TPSA) is 105 Å². The first kappa shape index (κ1) is 30.8. The zero-order chi connectivity index (χ0) is 29.3. The maximum absolute atomic E-state index is 14.0. The molecular weight excluding hydrogens is 554 g/mol. The van der Waals surface area contributed by atoms with Crippen LogP contribution in [0.25, 0.3) is 0 Å². The Hall–Kier alpha value is -3.76. The number of benzene rings is 3. The Bertz CT molecular complexity index is 1400. The van der Waals surface area contributed by atoms with E-state index < -0.39 is 28.5 Å². The van der Waals surface area contributed by atoms with Crippen LogP contribution in [-0.2, 0) is 26.2 Å². The highest BCUT2D eigenvalue weighted by Gasteiger charge is 2.33. The number of nitrogens with one attached hydrogen (secondary N) is 1. The molecule has 1 N–H and O–H groups in total. The van der Waals surface area contributed by atoms with Crippen molar-refractivity contribution in [3.05, 3.63) is 83.4 Å². The molecule has 0 fully saturated rings. The van der Waals surface area contributed by atoms with Crippen LogP contribution in [0.5, 0.6) is 11.5 Å². The Morgan fingerprint density at radius 1 is 0.950 bits per heavy atom. The standard InChI is InChI=1S/C29H34ClN3O6S/c1-5-17-31-29(35)21(2)32(19-22-11-13-23(30)14-12-22)28(34)20-33(24-9-7-6-8-10-24)40(36,37)25-15-16-26(38-3)27(18-25)39-4/h6-16,18,21H,5,17,19-20H2,1-4H3,(H,31,35). The van der Waals surface area contributed by atoms with Gasteiger partial charge in [0.15, 0.2) is 11.5 Å². The summed E-state index contributed by atoms with van der Waals surface area (Å²) < 4.78 is 39.5. The molecule has 0 spiro atoms. The van der Waals surface area contributed by atoms with E-state index in [1.807, 2.05) is 6.92 Å². The van der Waals surface area contributed by atoms with Gasteiger partial charge in [-0.05, 0) is 55.3 Å². The number of anilines is 1. The molecule has 1 atom stereocenters. The average Bonchev–Trinajstić information content (AvgIpc) is 2.97. The maximum atomic E-state index is 14.0. The zero-order valence-corrected chi connectivity index (χ0v) is 24.5. The molecule has 0 aliphatic carbocycles. The lowest BCUT2D eigenvalue weighted by Crippen LogP contribution is -2.51. The molecule has 0 aliphatic rings. The number of para-hydroxylation sites is 1. The molecule has 0 heterocycles. The largest absolute Gasteiger partial charge is 0.493 e. The second kappa shape index (κ2) is 14.0. The number of nitrogens with zero attached hydrogens (tertiary/aromatic N) is 2. The Balaban J connectivity index is 2.02. The molecule has 0 bridgehead atoms. The molecule has 214 valence electrons. The summed E-state index contributed by atoms with van der Waals surface area (Å²) in [6.45, 7) is 3.54. The molecule has 3 rings (SSSR count). The Morgan fingerprint density at radius 3 is 2.20 bits per heavy atom. The maximum Gasteiger partial charge on any atom is 0.264 e. The van der Waals surface area contributed by atoms with Crippen LogP contribution >= 0.6 is 11.6 Å².